The van der Waals surface area contributed by atoms with Crippen LogP contribution in [-0.4, -0.2) is 6.61 Å². The van der Waals surface area contributed by atoms with Crippen LogP contribution in [0.2, 0.25) is 0 Å². The minimum Gasteiger partial charge on any atom is -0.472 e. The van der Waals surface area contributed by atoms with Gasteiger partial charge in [-0.2, -0.15) is 0 Å². The van der Waals surface area contributed by atoms with Crippen molar-refractivity contribution in [1.29, 1.82) is 0 Å². The first-order valence-electron chi connectivity index (χ1n) is 3.63. The van der Waals surface area contributed by atoms with E-state index < -0.39 is 0 Å². The molecule has 0 aliphatic rings. The molecule has 1 aromatic heterocycles. The highest BCUT2D eigenvalue weighted by Crippen LogP contribution is 2.01. The minimum absolute atomic E-state index is 0.626. The maximum absolute atomic E-state index is 5.27. The molecule has 1 aromatic rings. The number of rotatable bonds is 4. The SMILES string of the molecule is C/C=C\COCc1ccoc1. The highest BCUT2D eigenvalue weighted by atomic mass is 16.5. The third-order valence-corrected chi connectivity index (χ3v) is 1.30. The van der Waals surface area contributed by atoms with Crippen LogP contribution in [0, 0.1) is 0 Å². The molecule has 0 unspecified atom stereocenters. The molecule has 0 fully saturated rings. The number of hydrogen-bond acceptors (Lipinski definition) is 2. The smallest absolute Gasteiger partial charge is 0.0957 e. The largest absolute Gasteiger partial charge is 0.472 e. The van der Waals surface area contributed by atoms with Gasteiger partial charge in [0.2, 0.25) is 0 Å². The highest BCUT2D eigenvalue weighted by molar-refractivity contribution is 5.03. The number of hydrogen-bond donors (Lipinski definition) is 0. The molecule has 0 bridgehead atoms. The van der Waals surface area contributed by atoms with E-state index in [4.69, 9.17) is 9.15 Å². The monoisotopic (exact) mass is 152 g/mol. The van der Waals surface area contributed by atoms with E-state index in [-0.39, 0.29) is 0 Å². The van der Waals surface area contributed by atoms with E-state index in [2.05, 4.69) is 0 Å². The Bertz CT molecular complexity index is 199. The van der Waals surface area contributed by atoms with Crippen LogP contribution in [0.15, 0.2) is 35.2 Å². The van der Waals surface area contributed by atoms with Gasteiger partial charge in [-0.05, 0) is 13.0 Å². The van der Waals surface area contributed by atoms with Crippen LogP contribution in [0.3, 0.4) is 0 Å². The summed E-state index contributed by atoms with van der Waals surface area (Å²) < 4.78 is 10.1. The molecule has 0 amide bonds. The van der Waals surface area contributed by atoms with E-state index in [1.807, 2.05) is 25.1 Å². The van der Waals surface area contributed by atoms with Gasteiger partial charge in [0.1, 0.15) is 0 Å². The molecule has 0 spiro atoms. The second-order valence-electron chi connectivity index (χ2n) is 2.22. The Morgan fingerprint density at radius 1 is 1.64 bits per heavy atom. The van der Waals surface area contributed by atoms with Crippen LogP contribution in [0.1, 0.15) is 12.5 Å². The van der Waals surface area contributed by atoms with Gasteiger partial charge in [0.25, 0.3) is 0 Å². The molecule has 0 aliphatic carbocycles. The van der Waals surface area contributed by atoms with Gasteiger partial charge in [0.05, 0.1) is 25.7 Å². The average molecular weight is 152 g/mol. The second kappa shape index (κ2) is 4.74. The lowest BCUT2D eigenvalue weighted by Gasteiger charge is -1.95. The summed E-state index contributed by atoms with van der Waals surface area (Å²) in [6.07, 6.45) is 7.28. The van der Waals surface area contributed by atoms with E-state index in [0.29, 0.717) is 13.2 Å². The van der Waals surface area contributed by atoms with Crippen LogP contribution < -0.4 is 0 Å². The lowest BCUT2D eigenvalue weighted by Crippen LogP contribution is -1.89. The van der Waals surface area contributed by atoms with E-state index >= 15 is 0 Å². The Balaban J connectivity index is 2.14. The fourth-order valence-corrected chi connectivity index (χ4v) is 0.716. The van der Waals surface area contributed by atoms with Crippen molar-refractivity contribution in [3.05, 3.63) is 36.3 Å². The zero-order chi connectivity index (χ0) is 7.94. The van der Waals surface area contributed by atoms with Crippen molar-refractivity contribution in [2.45, 2.75) is 13.5 Å². The molecule has 0 saturated heterocycles. The summed E-state index contributed by atoms with van der Waals surface area (Å²) >= 11 is 0. The Morgan fingerprint density at radius 2 is 2.55 bits per heavy atom. The summed E-state index contributed by atoms with van der Waals surface area (Å²) in [6, 6.07) is 1.90. The first kappa shape index (κ1) is 8.08. The van der Waals surface area contributed by atoms with Gasteiger partial charge in [0.15, 0.2) is 0 Å². The van der Waals surface area contributed by atoms with Crippen LogP contribution >= 0.6 is 0 Å². The summed E-state index contributed by atoms with van der Waals surface area (Å²) in [5, 5.41) is 0. The van der Waals surface area contributed by atoms with Gasteiger partial charge in [-0.3, -0.25) is 0 Å². The standard InChI is InChI=1S/C9H12O2/c1-2-3-5-10-7-9-4-6-11-8-9/h2-4,6,8H,5,7H2,1H3/b3-2-. The summed E-state index contributed by atoms with van der Waals surface area (Å²) in [6.45, 7) is 3.27. The molecular weight excluding hydrogens is 140 g/mol. The molecule has 0 saturated carbocycles. The van der Waals surface area contributed by atoms with Gasteiger partial charge >= 0.3 is 0 Å². The lowest BCUT2D eigenvalue weighted by atomic mass is 10.4. The van der Waals surface area contributed by atoms with Gasteiger partial charge in [-0.15, -0.1) is 0 Å². The fraction of sp³-hybridized carbons (Fsp3) is 0.333. The van der Waals surface area contributed by atoms with Crippen molar-refractivity contribution >= 4 is 0 Å². The normalized spacial score (nSPS) is 11.0. The van der Waals surface area contributed by atoms with E-state index in [0.717, 1.165) is 5.56 Å². The predicted molar refractivity (Wildman–Crippen MR) is 43.2 cm³/mol. The zero-order valence-electron chi connectivity index (χ0n) is 6.62. The van der Waals surface area contributed by atoms with Crippen molar-refractivity contribution in [2.24, 2.45) is 0 Å². The molecule has 0 atom stereocenters. The number of allylic oxidation sites excluding steroid dienone is 1. The first-order valence-corrected chi connectivity index (χ1v) is 3.63. The predicted octanol–water partition coefficient (Wildman–Crippen LogP) is 2.37. The lowest BCUT2D eigenvalue weighted by molar-refractivity contribution is 0.148. The van der Waals surface area contributed by atoms with Crippen molar-refractivity contribution < 1.29 is 9.15 Å². The van der Waals surface area contributed by atoms with Crippen molar-refractivity contribution in [2.75, 3.05) is 6.61 Å². The average Bonchev–Trinajstić information content (AvgIpc) is 2.50. The molecule has 11 heavy (non-hydrogen) atoms. The summed E-state index contributed by atoms with van der Waals surface area (Å²) in [4.78, 5) is 0. The summed E-state index contributed by atoms with van der Waals surface area (Å²) in [7, 11) is 0. The molecule has 0 aromatic carbocycles. The molecule has 0 N–H and O–H groups in total. The molecule has 0 radical (unpaired) electrons. The van der Waals surface area contributed by atoms with Crippen LogP contribution in [0.4, 0.5) is 0 Å². The van der Waals surface area contributed by atoms with E-state index in [9.17, 15) is 0 Å². The van der Waals surface area contributed by atoms with E-state index in [1.165, 1.54) is 0 Å². The highest BCUT2D eigenvalue weighted by Gasteiger charge is 1.91. The molecule has 2 heteroatoms. The van der Waals surface area contributed by atoms with Crippen LogP contribution in [0.5, 0.6) is 0 Å². The summed E-state index contributed by atoms with van der Waals surface area (Å²) in [5.41, 5.74) is 1.08. The number of furan rings is 1. The minimum atomic E-state index is 0.626. The van der Waals surface area contributed by atoms with Crippen molar-refractivity contribution in [1.82, 2.24) is 0 Å². The van der Waals surface area contributed by atoms with Crippen molar-refractivity contribution in [3.63, 3.8) is 0 Å². The Labute approximate surface area is 66.5 Å². The Morgan fingerprint density at radius 3 is 3.18 bits per heavy atom. The van der Waals surface area contributed by atoms with E-state index in [1.54, 1.807) is 12.5 Å². The third-order valence-electron chi connectivity index (χ3n) is 1.30. The zero-order valence-corrected chi connectivity index (χ0v) is 6.62. The van der Waals surface area contributed by atoms with Crippen LogP contribution in [0.25, 0.3) is 0 Å². The molecule has 1 heterocycles. The molecular formula is C9H12O2. The number of ether oxygens (including phenoxy) is 1. The first-order chi connectivity index (χ1) is 5.43. The molecule has 2 nitrogen and oxygen atoms in total. The van der Waals surface area contributed by atoms with Crippen LogP contribution in [-0.2, 0) is 11.3 Å². The topological polar surface area (TPSA) is 22.4 Å². The quantitative estimate of drug-likeness (QED) is 0.488. The Kier molecular flexibility index (Phi) is 3.48. The van der Waals surface area contributed by atoms with Gasteiger partial charge in [0, 0.05) is 5.56 Å². The van der Waals surface area contributed by atoms with Gasteiger partial charge in [-0.25, -0.2) is 0 Å². The van der Waals surface area contributed by atoms with Crippen molar-refractivity contribution in [3.8, 4) is 0 Å². The molecule has 0 aliphatic heterocycles. The third kappa shape index (κ3) is 3.05. The maximum atomic E-state index is 5.27. The fourth-order valence-electron chi connectivity index (χ4n) is 0.716. The molecule has 60 valence electrons. The van der Waals surface area contributed by atoms with Gasteiger partial charge < -0.3 is 9.15 Å². The second-order valence-corrected chi connectivity index (χ2v) is 2.22. The maximum Gasteiger partial charge on any atom is 0.0957 e. The Hall–Kier alpha value is -1.02. The summed E-state index contributed by atoms with van der Waals surface area (Å²) in [5.74, 6) is 0. The molecule has 1 rings (SSSR count). The van der Waals surface area contributed by atoms with Gasteiger partial charge in [-0.1, -0.05) is 12.2 Å².